The Kier molecular flexibility index (Phi) is 5.31. The Hall–Kier alpha value is -2.03. The molecule has 0 spiro atoms. The van der Waals surface area contributed by atoms with Crippen LogP contribution in [0.2, 0.25) is 0 Å². The van der Waals surface area contributed by atoms with Crippen molar-refractivity contribution in [3.63, 3.8) is 0 Å². The van der Waals surface area contributed by atoms with Crippen molar-refractivity contribution in [1.29, 1.82) is 0 Å². The number of aromatic hydroxyl groups is 1. The lowest BCUT2D eigenvalue weighted by molar-refractivity contribution is 0.377. The normalized spacial score (nSPS) is 17.0. The number of nitrogens with zero attached hydrogens (tertiary/aromatic N) is 4. The van der Waals surface area contributed by atoms with Crippen LogP contribution in [0.3, 0.4) is 0 Å². The van der Waals surface area contributed by atoms with Crippen molar-refractivity contribution in [3.8, 4) is 11.4 Å². The molecule has 2 aromatic rings. The first-order valence-electron chi connectivity index (χ1n) is 8.26. The summed E-state index contributed by atoms with van der Waals surface area (Å²) in [5.41, 5.74) is 0.482. The Labute approximate surface area is 149 Å². The third-order valence-electron chi connectivity index (χ3n) is 4.17. The molecule has 1 aromatic carbocycles. The minimum atomic E-state index is -1.01. The highest BCUT2D eigenvalue weighted by Gasteiger charge is 2.29. The van der Waals surface area contributed by atoms with Crippen molar-refractivity contribution in [2.45, 2.75) is 19.1 Å². The van der Waals surface area contributed by atoms with Gasteiger partial charge in [-0.1, -0.05) is 18.2 Å². The van der Waals surface area contributed by atoms with Crippen LogP contribution in [0.5, 0.6) is 5.75 Å². The van der Waals surface area contributed by atoms with E-state index >= 15 is 0 Å². The smallest absolute Gasteiger partial charge is 0.315 e. The van der Waals surface area contributed by atoms with Gasteiger partial charge >= 0.3 is 5.56 Å². The maximum absolute atomic E-state index is 12.5. The number of anilines is 1. The summed E-state index contributed by atoms with van der Waals surface area (Å²) in [5.74, 6) is -0.308. The summed E-state index contributed by atoms with van der Waals surface area (Å²) in [6.07, 6.45) is 1.51. The van der Waals surface area contributed by atoms with Gasteiger partial charge in [-0.3, -0.25) is 4.79 Å². The zero-order valence-electron chi connectivity index (χ0n) is 14.3. The Morgan fingerprint density at radius 2 is 1.80 bits per heavy atom. The molecule has 0 radical (unpaired) electrons. The van der Waals surface area contributed by atoms with Crippen LogP contribution >= 0.6 is 0 Å². The molecule has 7 nitrogen and oxygen atoms in total. The Morgan fingerprint density at radius 3 is 2.40 bits per heavy atom. The third kappa shape index (κ3) is 3.65. The van der Waals surface area contributed by atoms with E-state index in [0.717, 1.165) is 0 Å². The molecule has 1 atom stereocenters. The number of rotatable bonds is 4. The van der Waals surface area contributed by atoms with Gasteiger partial charge in [-0.05, 0) is 26.0 Å². The van der Waals surface area contributed by atoms with Crippen LogP contribution in [0.15, 0.2) is 41.3 Å². The molecule has 1 aliphatic heterocycles. The van der Waals surface area contributed by atoms with Crippen molar-refractivity contribution in [2.24, 2.45) is 0 Å². The van der Waals surface area contributed by atoms with Gasteiger partial charge in [0.1, 0.15) is 10.9 Å². The van der Waals surface area contributed by atoms with E-state index in [0.29, 0.717) is 37.6 Å². The van der Waals surface area contributed by atoms with E-state index in [9.17, 15) is 14.5 Å². The molecule has 1 saturated heterocycles. The fourth-order valence-electron chi connectivity index (χ4n) is 2.83. The molecule has 0 amide bonds. The van der Waals surface area contributed by atoms with Crippen molar-refractivity contribution in [2.75, 3.05) is 31.1 Å². The number of para-hydroxylation sites is 1. The van der Waals surface area contributed by atoms with Gasteiger partial charge in [-0.25, -0.2) is 0 Å². The first kappa shape index (κ1) is 17.8. The number of hydrogen-bond donors (Lipinski definition) is 1. The van der Waals surface area contributed by atoms with Crippen LogP contribution in [0.25, 0.3) is 5.69 Å². The highest BCUT2D eigenvalue weighted by atomic mass is 32.2. The van der Waals surface area contributed by atoms with Crippen molar-refractivity contribution < 1.29 is 9.66 Å². The fourth-order valence-corrected chi connectivity index (χ4v) is 3.95. The Balaban J connectivity index is 1.79. The largest absolute Gasteiger partial charge is 0.598 e. The topological polar surface area (TPSA) is 84.7 Å². The van der Waals surface area contributed by atoms with Crippen molar-refractivity contribution in [1.82, 2.24) is 14.1 Å². The molecule has 2 heterocycles. The van der Waals surface area contributed by atoms with Crippen molar-refractivity contribution >= 4 is 17.0 Å². The van der Waals surface area contributed by atoms with E-state index in [4.69, 9.17) is 0 Å². The second kappa shape index (κ2) is 7.47. The van der Waals surface area contributed by atoms with Crippen molar-refractivity contribution in [3.05, 3.63) is 46.9 Å². The first-order valence-corrected chi connectivity index (χ1v) is 9.43. The molecule has 0 bridgehead atoms. The van der Waals surface area contributed by atoms with E-state index < -0.39 is 16.9 Å². The lowest BCUT2D eigenvalue weighted by Crippen LogP contribution is -2.50. The SMILES string of the molecule is CC(C)[S+]([O-])N1CCN(c2cnn(-c3ccccc3)c(=O)c2O)CC1. The number of aromatic nitrogens is 2. The minimum Gasteiger partial charge on any atom is -0.598 e. The molecule has 0 aliphatic carbocycles. The van der Waals surface area contributed by atoms with E-state index in [2.05, 4.69) is 5.10 Å². The number of benzene rings is 1. The predicted molar refractivity (Wildman–Crippen MR) is 98.6 cm³/mol. The van der Waals surface area contributed by atoms with Gasteiger partial charge < -0.3 is 14.6 Å². The molecule has 8 heteroatoms. The summed E-state index contributed by atoms with van der Waals surface area (Å²) in [4.78, 5) is 14.4. The molecule has 1 aliphatic rings. The summed E-state index contributed by atoms with van der Waals surface area (Å²) in [6, 6.07) is 8.98. The molecule has 0 saturated carbocycles. The molecular weight excluding hydrogens is 340 g/mol. The van der Waals surface area contributed by atoms with Gasteiger partial charge in [0, 0.05) is 24.5 Å². The van der Waals surface area contributed by atoms with Crippen LogP contribution in [0.4, 0.5) is 5.69 Å². The highest BCUT2D eigenvalue weighted by molar-refractivity contribution is 7.89. The lowest BCUT2D eigenvalue weighted by atomic mass is 10.3. The lowest BCUT2D eigenvalue weighted by Gasteiger charge is -2.36. The first-order chi connectivity index (χ1) is 12.0. The van der Waals surface area contributed by atoms with E-state index in [-0.39, 0.29) is 11.0 Å². The monoisotopic (exact) mass is 362 g/mol. The predicted octanol–water partition coefficient (Wildman–Crippen LogP) is 1.13. The molecular formula is C17H22N4O3S. The molecule has 1 unspecified atom stereocenters. The second-order valence-corrected chi connectivity index (χ2v) is 8.18. The van der Waals surface area contributed by atoms with Gasteiger partial charge in [0.25, 0.3) is 0 Å². The number of piperazine rings is 1. The average Bonchev–Trinajstić information content (AvgIpc) is 2.64. The molecule has 1 aromatic heterocycles. The summed E-state index contributed by atoms with van der Waals surface area (Å²) in [7, 11) is 0. The summed E-state index contributed by atoms with van der Waals surface area (Å²) in [5, 5.41) is 14.6. The standard InChI is InChI=1S/C17H22N4O3S/c1-13(2)25(24)20-10-8-19(9-11-20)15-12-18-21(17(23)16(15)22)14-6-4-3-5-7-14/h3-7,12-13,22H,8-11H2,1-2H3. The van der Waals surface area contributed by atoms with Crippen LogP contribution in [0.1, 0.15) is 13.8 Å². The van der Waals surface area contributed by atoms with Gasteiger partial charge in [0.2, 0.25) is 5.75 Å². The summed E-state index contributed by atoms with van der Waals surface area (Å²) in [6.45, 7) is 6.27. The Morgan fingerprint density at radius 1 is 1.16 bits per heavy atom. The van der Waals surface area contributed by atoms with Crippen LogP contribution in [-0.2, 0) is 11.4 Å². The summed E-state index contributed by atoms with van der Waals surface area (Å²) < 4.78 is 15.3. The molecule has 25 heavy (non-hydrogen) atoms. The zero-order chi connectivity index (χ0) is 18.0. The quantitative estimate of drug-likeness (QED) is 0.821. The summed E-state index contributed by atoms with van der Waals surface area (Å²) >= 11 is -1.01. The van der Waals surface area contributed by atoms with E-state index in [1.165, 1.54) is 10.9 Å². The minimum absolute atomic E-state index is 0.0800. The molecule has 1 fully saturated rings. The average molecular weight is 362 g/mol. The van der Waals surface area contributed by atoms with E-state index in [1.54, 1.807) is 12.1 Å². The number of hydrogen-bond acceptors (Lipinski definition) is 6. The fraction of sp³-hybridized carbons (Fsp3) is 0.412. The van der Waals surface area contributed by atoms with Gasteiger partial charge in [-0.2, -0.15) is 9.78 Å². The van der Waals surface area contributed by atoms with Crippen LogP contribution in [0, 0.1) is 0 Å². The maximum atomic E-state index is 12.5. The van der Waals surface area contributed by atoms with Crippen LogP contribution < -0.4 is 10.5 Å². The zero-order valence-corrected chi connectivity index (χ0v) is 15.1. The Bertz CT molecular complexity index is 773. The molecule has 1 N–H and O–H groups in total. The van der Waals surface area contributed by atoms with Crippen LogP contribution in [-0.4, -0.2) is 55.2 Å². The molecule has 134 valence electrons. The second-order valence-electron chi connectivity index (χ2n) is 6.17. The molecule has 3 rings (SSSR count). The third-order valence-corrected chi connectivity index (χ3v) is 5.85. The van der Waals surface area contributed by atoms with Gasteiger partial charge in [-0.15, -0.1) is 4.31 Å². The van der Waals surface area contributed by atoms with E-state index in [1.807, 2.05) is 41.3 Å². The van der Waals surface area contributed by atoms with Gasteiger partial charge in [0.05, 0.1) is 25.0 Å². The van der Waals surface area contributed by atoms with Gasteiger partial charge in [0.15, 0.2) is 0 Å². The maximum Gasteiger partial charge on any atom is 0.315 e. The highest BCUT2D eigenvalue weighted by Crippen LogP contribution is 2.25.